The number of nitrogens with one attached hydrogen (secondary N) is 1. The van der Waals surface area contributed by atoms with E-state index in [1.165, 1.54) is 0 Å². The van der Waals surface area contributed by atoms with Crippen molar-refractivity contribution in [3.63, 3.8) is 0 Å². The third kappa shape index (κ3) is 3.58. The van der Waals surface area contributed by atoms with Crippen molar-refractivity contribution in [1.29, 1.82) is 0 Å². The lowest BCUT2D eigenvalue weighted by Crippen LogP contribution is -2.14. The van der Waals surface area contributed by atoms with Crippen molar-refractivity contribution in [2.24, 2.45) is 0 Å². The number of hydrogen-bond donors (Lipinski definition) is 1. The molecule has 0 aliphatic carbocycles. The zero-order chi connectivity index (χ0) is 16.2. The van der Waals surface area contributed by atoms with Crippen LogP contribution < -0.4 is 5.32 Å². The van der Waals surface area contributed by atoms with Gasteiger partial charge >= 0.3 is 0 Å². The van der Waals surface area contributed by atoms with E-state index in [9.17, 15) is 4.79 Å². The Hall–Kier alpha value is -2.65. The summed E-state index contributed by atoms with van der Waals surface area (Å²) < 4.78 is 0. The summed E-state index contributed by atoms with van der Waals surface area (Å²) in [5.41, 5.74) is 3.79. The van der Waals surface area contributed by atoms with E-state index in [0.717, 1.165) is 16.9 Å². The van der Waals surface area contributed by atoms with Crippen LogP contribution in [0.2, 0.25) is 5.02 Å². The Kier molecular flexibility index (Phi) is 4.40. The quantitative estimate of drug-likeness (QED) is 0.740. The van der Waals surface area contributed by atoms with Crippen LogP contribution in [-0.2, 0) is 0 Å². The fraction of sp³-hybridized carbons (Fsp3) is 0.0526. The van der Waals surface area contributed by atoms with Gasteiger partial charge in [-0.05, 0) is 43.3 Å². The van der Waals surface area contributed by atoms with Gasteiger partial charge in [-0.1, -0.05) is 41.9 Å². The molecule has 0 unspecified atom stereocenters. The van der Waals surface area contributed by atoms with E-state index in [0.29, 0.717) is 16.3 Å². The molecule has 0 atom stereocenters. The zero-order valence-corrected chi connectivity index (χ0v) is 13.3. The fourth-order valence-corrected chi connectivity index (χ4v) is 2.43. The molecule has 0 aliphatic rings. The lowest BCUT2D eigenvalue weighted by atomic mass is 10.1. The lowest BCUT2D eigenvalue weighted by molar-refractivity contribution is 0.102. The molecule has 1 amide bonds. The molecule has 1 heterocycles. The number of halogens is 1. The molecule has 1 aromatic heterocycles. The monoisotopic (exact) mass is 322 g/mol. The molecule has 0 saturated carbocycles. The van der Waals surface area contributed by atoms with Crippen LogP contribution in [0, 0.1) is 6.92 Å². The fourth-order valence-electron chi connectivity index (χ4n) is 2.30. The molecule has 0 bridgehead atoms. The highest BCUT2D eigenvalue weighted by atomic mass is 35.5. The summed E-state index contributed by atoms with van der Waals surface area (Å²) in [4.78, 5) is 16.9. The number of aryl methyl sites for hydroxylation is 1. The van der Waals surface area contributed by atoms with Crippen LogP contribution in [0.25, 0.3) is 11.3 Å². The van der Waals surface area contributed by atoms with Gasteiger partial charge in [-0.2, -0.15) is 0 Å². The minimum atomic E-state index is -0.163. The highest BCUT2D eigenvalue weighted by Crippen LogP contribution is 2.21. The molecule has 3 rings (SSSR count). The van der Waals surface area contributed by atoms with Crippen molar-refractivity contribution in [1.82, 2.24) is 4.98 Å². The van der Waals surface area contributed by atoms with Crippen molar-refractivity contribution in [3.8, 4) is 11.3 Å². The number of carbonyl (C=O) groups excluding carboxylic acids is 1. The molecular formula is C19H15ClN2O. The summed E-state index contributed by atoms with van der Waals surface area (Å²) in [7, 11) is 0. The van der Waals surface area contributed by atoms with E-state index in [2.05, 4.69) is 10.3 Å². The van der Waals surface area contributed by atoms with Gasteiger partial charge in [-0.3, -0.25) is 9.78 Å². The second-order valence-corrected chi connectivity index (χ2v) is 5.59. The predicted molar refractivity (Wildman–Crippen MR) is 93.8 cm³/mol. The number of anilines is 1. The minimum absolute atomic E-state index is 0.163. The maximum absolute atomic E-state index is 12.4. The van der Waals surface area contributed by atoms with Crippen molar-refractivity contribution < 1.29 is 4.79 Å². The van der Waals surface area contributed by atoms with E-state index in [1.807, 2.05) is 67.6 Å². The van der Waals surface area contributed by atoms with E-state index < -0.39 is 0 Å². The van der Waals surface area contributed by atoms with Gasteiger partial charge in [-0.15, -0.1) is 0 Å². The summed E-state index contributed by atoms with van der Waals surface area (Å²) in [6, 6.07) is 20.5. The number of hydrogen-bond acceptors (Lipinski definition) is 2. The molecule has 3 nitrogen and oxygen atoms in total. The van der Waals surface area contributed by atoms with Crippen molar-refractivity contribution in [2.45, 2.75) is 6.92 Å². The molecule has 114 valence electrons. The topological polar surface area (TPSA) is 42.0 Å². The summed E-state index contributed by atoms with van der Waals surface area (Å²) in [5.74, 6) is -0.163. The Balaban J connectivity index is 1.84. The smallest absolute Gasteiger partial charge is 0.257 e. The van der Waals surface area contributed by atoms with Crippen molar-refractivity contribution >= 4 is 23.2 Å². The molecule has 0 saturated heterocycles. The molecule has 3 aromatic rings. The lowest BCUT2D eigenvalue weighted by Gasteiger charge is -2.09. The Morgan fingerprint density at radius 3 is 2.30 bits per heavy atom. The molecule has 1 N–H and O–H groups in total. The normalized spacial score (nSPS) is 10.3. The average molecular weight is 323 g/mol. The first-order chi connectivity index (χ1) is 11.1. The van der Waals surface area contributed by atoms with Crippen LogP contribution in [0.5, 0.6) is 0 Å². The summed E-state index contributed by atoms with van der Waals surface area (Å²) >= 11 is 5.90. The molecule has 4 heteroatoms. The third-order valence-electron chi connectivity index (χ3n) is 3.50. The molecule has 2 aromatic carbocycles. The van der Waals surface area contributed by atoms with Crippen LogP contribution in [0.3, 0.4) is 0 Å². The van der Waals surface area contributed by atoms with Gasteiger partial charge in [0.2, 0.25) is 0 Å². The van der Waals surface area contributed by atoms with E-state index >= 15 is 0 Å². The van der Waals surface area contributed by atoms with Crippen LogP contribution in [-0.4, -0.2) is 10.9 Å². The summed E-state index contributed by atoms with van der Waals surface area (Å²) in [6.45, 7) is 1.83. The van der Waals surface area contributed by atoms with Crippen LogP contribution in [0.15, 0.2) is 66.7 Å². The Labute approximate surface area is 140 Å². The number of aromatic nitrogens is 1. The molecule has 0 radical (unpaired) electrons. The average Bonchev–Trinajstić information content (AvgIpc) is 2.56. The summed E-state index contributed by atoms with van der Waals surface area (Å²) in [5, 5.41) is 3.55. The first-order valence-corrected chi connectivity index (χ1v) is 7.61. The molecule has 0 aliphatic heterocycles. The number of amides is 1. The standard InChI is InChI=1S/C19H15ClN2O/c1-13-17(19(23)22-16-5-3-2-4-6-16)11-12-18(21-13)14-7-9-15(20)10-8-14/h2-12H,1H3,(H,22,23). The molecule has 23 heavy (non-hydrogen) atoms. The van der Waals surface area contributed by atoms with Gasteiger partial charge in [0.25, 0.3) is 5.91 Å². The van der Waals surface area contributed by atoms with Gasteiger partial charge in [0, 0.05) is 16.3 Å². The van der Waals surface area contributed by atoms with Crippen molar-refractivity contribution in [3.05, 3.63) is 83.0 Å². The third-order valence-corrected chi connectivity index (χ3v) is 3.75. The highest BCUT2D eigenvalue weighted by molar-refractivity contribution is 6.30. The maximum atomic E-state index is 12.4. The van der Waals surface area contributed by atoms with E-state index in [-0.39, 0.29) is 5.91 Å². The highest BCUT2D eigenvalue weighted by Gasteiger charge is 2.11. The number of benzene rings is 2. The predicted octanol–water partition coefficient (Wildman–Crippen LogP) is 4.96. The van der Waals surface area contributed by atoms with Crippen molar-refractivity contribution in [2.75, 3.05) is 5.32 Å². The van der Waals surface area contributed by atoms with E-state index in [4.69, 9.17) is 11.6 Å². The maximum Gasteiger partial charge on any atom is 0.257 e. The SMILES string of the molecule is Cc1nc(-c2ccc(Cl)cc2)ccc1C(=O)Nc1ccccc1. The van der Waals surface area contributed by atoms with Gasteiger partial charge in [0.1, 0.15) is 0 Å². The van der Waals surface area contributed by atoms with E-state index in [1.54, 1.807) is 6.07 Å². The van der Waals surface area contributed by atoms with Gasteiger partial charge in [-0.25, -0.2) is 0 Å². The number of nitrogens with zero attached hydrogens (tertiary/aromatic N) is 1. The van der Waals surface area contributed by atoms with Gasteiger partial charge in [0.15, 0.2) is 0 Å². The zero-order valence-electron chi connectivity index (χ0n) is 12.6. The first kappa shape index (κ1) is 15.3. The molecular weight excluding hydrogens is 308 g/mol. The van der Waals surface area contributed by atoms with Crippen LogP contribution in [0.4, 0.5) is 5.69 Å². The Morgan fingerprint density at radius 2 is 1.65 bits per heavy atom. The van der Waals surface area contributed by atoms with Gasteiger partial charge < -0.3 is 5.32 Å². The molecule has 0 spiro atoms. The second-order valence-electron chi connectivity index (χ2n) is 5.16. The largest absolute Gasteiger partial charge is 0.322 e. The Morgan fingerprint density at radius 1 is 0.957 bits per heavy atom. The second kappa shape index (κ2) is 6.63. The number of carbonyl (C=O) groups is 1. The number of rotatable bonds is 3. The van der Waals surface area contributed by atoms with Crippen LogP contribution in [0.1, 0.15) is 16.1 Å². The first-order valence-electron chi connectivity index (χ1n) is 7.23. The minimum Gasteiger partial charge on any atom is -0.322 e. The molecule has 0 fully saturated rings. The number of para-hydroxylation sites is 1. The van der Waals surface area contributed by atoms with Gasteiger partial charge in [0.05, 0.1) is 17.0 Å². The summed E-state index contributed by atoms with van der Waals surface area (Å²) in [6.07, 6.45) is 0. The van der Waals surface area contributed by atoms with Crippen LogP contribution >= 0.6 is 11.6 Å². The number of pyridine rings is 1. The Bertz CT molecular complexity index is 830.